The molecule has 0 aromatic heterocycles. The summed E-state index contributed by atoms with van der Waals surface area (Å²) >= 11 is 0. The smallest absolute Gasteiger partial charge is 0.233 e. The van der Waals surface area contributed by atoms with Crippen molar-refractivity contribution < 1.29 is 4.79 Å². The molecule has 0 unspecified atom stereocenters. The van der Waals surface area contributed by atoms with Crippen molar-refractivity contribution in [2.75, 3.05) is 13.1 Å². The highest BCUT2D eigenvalue weighted by Gasteiger charge is 2.50. The first kappa shape index (κ1) is 13.4. The van der Waals surface area contributed by atoms with Crippen LogP contribution in [0.3, 0.4) is 0 Å². The molecule has 4 saturated carbocycles. The lowest BCUT2D eigenvalue weighted by Gasteiger charge is -2.56. The zero-order valence-corrected chi connectivity index (χ0v) is 12.4. The van der Waals surface area contributed by atoms with E-state index >= 15 is 0 Å². The largest absolute Gasteiger partial charge is 0.354 e. The highest BCUT2D eigenvalue weighted by atomic mass is 16.1. The van der Waals surface area contributed by atoms with Gasteiger partial charge in [0.25, 0.3) is 0 Å². The fourth-order valence-corrected chi connectivity index (χ4v) is 5.15. The molecule has 0 saturated heterocycles. The first-order valence-corrected chi connectivity index (χ1v) is 8.05. The Morgan fingerprint density at radius 2 is 1.63 bits per heavy atom. The van der Waals surface area contributed by atoms with Crippen LogP contribution in [-0.4, -0.2) is 25.0 Å². The summed E-state index contributed by atoms with van der Waals surface area (Å²) in [6, 6.07) is 0.380. The first-order valence-electron chi connectivity index (χ1n) is 8.05. The third kappa shape index (κ3) is 2.96. The SMILES string of the molecule is CC(C)NCC(=O)NCC12CC3CC(CC(C3)C1)C2. The van der Waals surface area contributed by atoms with E-state index in [0.717, 1.165) is 24.3 Å². The molecule has 108 valence electrons. The van der Waals surface area contributed by atoms with Gasteiger partial charge in [-0.15, -0.1) is 0 Å². The maximum atomic E-state index is 11.9. The second-order valence-corrected chi connectivity index (χ2v) is 7.73. The summed E-state index contributed by atoms with van der Waals surface area (Å²) in [7, 11) is 0. The third-order valence-electron chi connectivity index (χ3n) is 5.50. The lowest BCUT2D eigenvalue weighted by Crippen LogP contribution is -2.52. The Kier molecular flexibility index (Phi) is 3.59. The zero-order valence-electron chi connectivity index (χ0n) is 12.4. The van der Waals surface area contributed by atoms with Gasteiger partial charge >= 0.3 is 0 Å². The van der Waals surface area contributed by atoms with Crippen molar-refractivity contribution in [1.82, 2.24) is 10.6 Å². The van der Waals surface area contributed by atoms with Crippen LogP contribution in [0.1, 0.15) is 52.4 Å². The Morgan fingerprint density at radius 1 is 1.11 bits per heavy atom. The minimum absolute atomic E-state index is 0.171. The van der Waals surface area contributed by atoms with Gasteiger partial charge in [-0.3, -0.25) is 4.79 Å². The molecule has 2 N–H and O–H groups in total. The predicted molar refractivity (Wildman–Crippen MR) is 76.8 cm³/mol. The number of amides is 1. The Balaban J connectivity index is 1.51. The summed E-state index contributed by atoms with van der Waals surface area (Å²) in [5, 5.41) is 6.39. The Morgan fingerprint density at radius 3 is 2.11 bits per heavy atom. The van der Waals surface area contributed by atoms with Crippen LogP contribution in [-0.2, 0) is 4.79 Å². The maximum Gasteiger partial charge on any atom is 0.233 e. The number of nitrogens with one attached hydrogen (secondary N) is 2. The molecule has 4 aliphatic rings. The first-order chi connectivity index (χ1) is 9.05. The molecule has 4 bridgehead atoms. The van der Waals surface area contributed by atoms with Crippen LogP contribution in [0, 0.1) is 23.2 Å². The van der Waals surface area contributed by atoms with Crippen LogP contribution in [0.4, 0.5) is 0 Å². The molecule has 3 heteroatoms. The van der Waals surface area contributed by atoms with Crippen molar-refractivity contribution in [3.63, 3.8) is 0 Å². The monoisotopic (exact) mass is 264 g/mol. The van der Waals surface area contributed by atoms with Gasteiger partial charge in [0.05, 0.1) is 6.54 Å². The van der Waals surface area contributed by atoms with Gasteiger partial charge in [0.15, 0.2) is 0 Å². The van der Waals surface area contributed by atoms with Crippen molar-refractivity contribution in [2.45, 2.75) is 58.4 Å². The number of hydrogen-bond donors (Lipinski definition) is 2. The maximum absolute atomic E-state index is 11.9. The number of carbonyl (C=O) groups is 1. The molecule has 0 atom stereocenters. The fourth-order valence-electron chi connectivity index (χ4n) is 5.15. The molecule has 1 amide bonds. The topological polar surface area (TPSA) is 41.1 Å². The van der Waals surface area contributed by atoms with Crippen molar-refractivity contribution in [3.05, 3.63) is 0 Å². The summed E-state index contributed by atoms with van der Waals surface area (Å²) in [4.78, 5) is 11.9. The lowest BCUT2D eigenvalue weighted by atomic mass is 9.49. The minimum Gasteiger partial charge on any atom is -0.354 e. The summed E-state index contributed by atoms with van der Waals surface area (Å²) in [5.74, 6) is 3.08. The molecule has 0 spiro atoms. The van der Waals surface area contributed by atoms with Crippen molar-refractivity contribution in [2.24, 2.45) is 23.2 Å². The van der Waals surface area contributed by atoms with E-state index in [1.807, 2.05) is 0 Å². The van der Waals surface area contributed by atoms with Crippen LogP contribution in [0.2, 0.25) is 0 Å². The van der Waals surface area contributed by atoms with Crippen molar-refractivity contribution in [1.29, 1.82) is 0 Å². The average Bonchev–Trinajstić information content (AvgIpc) is 2.32. The highest BCUT2D eigenvalue weighted by Crippen LogP contribution is 2.59. The van der Waals surface area contributed by atoms with Gasteiger partial charge in [-0.2, -0.15) is 0 Å². The highest BCUT2D eigenvalue weighted by molar-refractivity contribution is 5.78. The molecule has 0 radical (unpaired) electrons. The van der Waals surface area contributed by atoms with E-state index in [2.05, 4.69) is 24.5 Å². The van der Waals surface area contributed by atoms with Gasteiger partial charge < -0.3 is 10.6 Å². The van der Waals surface area contributed by atoms with Crippen LogP contribution in [0.25, 0.3) is 0 Å². The van der Waals surface area contributed by atoms with Gasteiger partial charge in [0.1, 0.15) is 0 Å². The van der Waals surface area contributed by atoms with Crippen LogP contribution >= 0.6 is 0 Å². The Hall–Kier alpha value is -0.570. The van der Waals surface area contributed by atoms with Gasteiger partial charge in [-0.05, 0) is 61.7 Å². The number of rotatable bonds is 5. The van der Waals surface area contributed by atoms with Crippen LogP contribution in [0.15, 0.2) is 0 Å². The Labute approximate surface area is 116 Å². The minimum atomic E-state index is 0.171. The van der Waals surface area contributed by atoms with E-state index in [0.29, 0.717) is 18.0 Å². The summed E-state index contributed by atoms with van der Waals surface area (Å²) in [6.07, 6.45) is 8.54. The molecule has 0 aliphatic heterocycles. The standard InChI is InChI=1S/C16H28N2O/c1-11(2)17-9-15(19)18-10-16-6-12-3-13(7-16)5-14(4-12)8-16/h11-14,17H,3-10H2,1-2H3,(H,18,19). The van der Waals surface area contributed by atoms with E-state index in [-0.39, 0.29) is 5.91 Å². The molecule has 3 nitrogen and oxygen atoms in total. The molecule has 4 aliphatic carbocycles. The number of carbonyl (C=O) groups excluding carboxylic acids is 1. The molecule has 4 rings (SSSR count). The molecule has 0 aromatic rings. The van der Waals surface area contributed by atoms with Crippen molar-refractivity contribution in [3.8, 4) is 0 Å². The molecular weight excluding hydrogens is 236 g/mol. The molecular formula is C16H28N2O. The van der Waals surface area contributed by atoms with Crippen molar-refractivity contribution >= 4 is 5.91 Å². The van der Waals surface area contributed by atoms with E-state index in [1.54, 1.807) is 0 Å². The van der Waals surface area contributed by atoms with Crippen LogP contribution in [0.5, 0.6) is 0 Å². The van der Waals surface area contributed by atoms with Gasteiger partial charge in [-0.1, -0.05) is 13.8 Å². The molecule has 0 heterocycles. The van der Waals surface area contributed by atoms with E-state index in [9.17, 15) is 4.79 Å². The predicted octanol–water partition coefficient (Wildman–Crippen LogP) is 2.32. The normalized spacial score (nSPS) is 39.8. The van der Waals surface area contributed by atoms with Gasteiger partial charge in [0, 0.05) is 12.6 Å². The van der Waals surface area contributed by atoms with Gasteiger partial charge in [0.2, 0.25) is 5.91 Å². The number of hydrogen-bond acceptors (Lipinski definition) is 2. The summed E-state index contributed by atoms with van der Waals surface area (Å²) in [5.41, 5.74) is 0.461. The third-order valence-corrected chi connectivity index (χ3v) is 5.50. The molecule has 0 aromatic carbocycles. The van der Waals surface area contributed by atoms with Crippen LogP contribution < -0.4 is 10.6 Å². The van der Waals surface area contributed by atoms with E-state index < -0.39 is 0 Å². The fraction of sp³-hybridized carbons (Fsp3) is 0.938. The quantitative estimate of drug-likeness (QED) is 0.800. The second kappa shape index (κ2) is 5.08. The molecule has 4 fully saturated rings. The summed E-state index contributed by atoms with van der Waals surface area (Å²) < 4.78 is 0. The second-order valence-electron chi connectivity index (χ2n) is 7.73. The summed E-state index contributed by atoms with van der Waals surface area (Å²) in [6.45, 7) is 5.54. The van der Waals surface area contributed by atoms with Gasteiger partial charge in [-0.25, -0.2) is 0 Å². The Bertz CT molecular complexity index is 315. The zero-order chi connectivity index (χ0) is 13.5. The van der Waals surface area contributed by atoms with E-state index in [4.69, 9.17) is 0 Å². The van der Waals surface area contributed by atoms with E-state index in [1.165, 1.54) is 38.5 Å². The lowest BCUT2D eigenvalue weighted by molar-refractivity contribution is -0.122. The average molecular weight is 264 g/mol. The molecule has 19 heavy (non-hydrogen) atoms.